The van der Waals surface area contributed by atoms with Gasteiger partial charge in [-0.1, -0.05) is 42.5 Å². The first-order valence-electron chi connectivity index (χ1n) is 10.8. The molecule has 1 amide bonds. The second-order valence-corrected chi connectivity index (χ2v) is 7.64. The molecule has 4 aromatic rings. The number of carbonyl (C=O) groups excluding carboxylic acids is 3. The standard InChI is InChI=1S/C27H19N3O7/c28-13-21-22(31)11-10-20(24(21)25(32)30-29)26(33)37-27(34)23-12-18(15-36-23)17-6-8-19(9-7-17)35-14-16-4-2-1-3-5-16/h1-12,15,31H,14,29H2,(H,30,32). The highest BCUT2D eigenvalue weighted by atomic mass is 16.6. The maximum atomic E-state index is 12.6. The van der Waals surface area contributed by atoms with Crippen molar-refractivity contribution in [2.24, 2.45) is 5.84 Å². The van der Waals surface area contributed by atoms with Crippen molar-refractivity contribution in [2.45, 2.75) is 6.61 Å². The number of amides is 1. The average molecular weight is 497 g/mol. The molecule has 37 heavy (non-hydrogen) atoms. The molecule has 0 aliphatic carbocycles. The summed E-state index contributed by atoms with van der Waals surface area (Å²) in [5, 5.41) is 19.1. The Balaban J connectivity index is 1.46. The van der Waals surface area contributed by atoms with Crippen molar-refractivity contribution in [3.05, 3.63) is 107 Å². The molecule has 0 aliphatic rings. The van der Waals surface area contributed by atoms with Crippen molar-refractivity contribution >= 4 is 17.8 Å². The number of nitrogen functional groups attached to an aromatic ring is 1. The van der Waals surface area contributed by atoms with E-state index in [-0.39, 0.29) is 5.76 Å². The first kappa shape index (κ1) is 24.7. The summed E-state index contributed by atoms with van der Waals surface area (Å²) in [6, 6.07) is 21.9. The van der Waals surface area contributed by atoms with E-state index in [1.54, 1.807) is 35.8 Å². The summed E-state index contributed by atoms with van der Waals surface area (Å²) in [7, 11) is 0. The number of hydrogen-bond donors (Lipinski definition) is 3. The summed E-state index contributed by atoms with van der Waals surface area (Å²) in [4.78, 5) is 37.2. The van der Waals surface area contributed by atoms with E-state index >= 15 is 0 Å². The number of nitrogens with zero attached hydrogens (tertiary/aromatic N) is 1. The van der Waals surface area contributed by atoms with Crippen LogP contribution in [0, 0.1) is 11.3 Å². The third kappa shape index (κ3) is 5.48. The van der Waals surface area contributed by atoms with Crippen LogP contribution >= 0.6 is 0 Å². The Morgan fingerprint density at radius 1 is 0.973 bits per heavy atom. The van der Waals surface area contributed by atoms with E-state index in [0.29, 0.717) is 17.9 Å². The summed E-state index contributed by atoms with van der Waals surface area (Å²) >= 11 is 0. The summed E-state index contributed by atoms with van der Waals surface area (Å²) in [5.41, 5.74) is 2.62. The van der Waals surface area contributed by atoms with Gasteiger partial charge in [0.15, 0.2) is 0 Å². The van der Waals surface area contributed by atoms with Gasteiger partial charge >= 0.3 is 11.9 Å². The van der Waals surface area contributed by atoms with E-state index in [2.05, 4.69) is 0 Å². The van der Waals surface area contributed by atoms with Crippen LogP contribution in [-0.4, -0.2) is 23.0 Å². The van der Waals surface area contributed by atoms with E-state index in [4.69, 9.17) is 19.7 Å². The maximum absolute atomic E-state index is 12.6. The SMILES string of the molecule is N#Cc1c(O)ccc(C(=O)OC(=O)c2cc(-c3ccc(OCc4ccccc4)cc3)co2)c1C(=O)NN. The van der Waals surface area contributed by atoms with Gasteiger partial charge in [-0.25, -0.2) is 15.4 Å². The number of nitriles is 1. The second-order valence-electron chi connectivity index (χ2n) is 7.64. The number of nitrogens with one attached hydrogen (secondary N) is 1. The first-order chi connectivity index (χ1) is 17.9. The number of phenolic OH excluding ortho intramolecular Hbond substituents is 1. The van der Waals surface area contributed by atoms with E-state index in [1.807, 2.05) is 30.3 Å². The molecule has 3 aromatic carbocycles. The van der Waals surface area contributed by atoms with Crippen LogP contribution in [0.4, 0.5) is 0 Å². The molecule has 0 saturated carbocycles. The van der Waals surface area contributed by atoms with Crippen LogP contribution in [0.25, 0.3) is 11.1 Å². The lowest BCUT2D eigenvalue weighted by molar-refractivity contribution is 0.0373. The maximum Gasteiger partial charge on any atom is 0.382 e. The van der Waals surface area contributed by atoms with Crippen LogP contribution in [0.2, 0.25) is 0 Å². The molecule has 0 radical (unpaired) electrons. The zero-order valence-corrected chi connectivity index (χ0v) is 19.1. The molecule has 1 aromatic heterocycles. The fourth-order valence-corrected chi connectivity index (χ4v) is 3.45. The largest absolute Gasteiger partial charge is 0.507 e. The lowest BCUT2D eigenvalue weighted by Gasteiger charge is -2.10. The zero-order valence-electron chi connectivity index (χ0n) is 19.1. The molecule has 0 saturated heterocycles. The normalized spacial score (nSPS) is 10.3. The summed E-state index contributed by atoms with van der Waals surface area (Å²) < 4.78 is 15.9. The van der Waals surface area contributed by atoms with Crippen LogP contribution < -0.4 is 16.0 Å². The van der Waals surface area contributed by atoms with Gasteiger partial charge in [0, 0.05) is 5.56 Å². The monoisotopic (exact) mass is 497 g/mol. The average Bonchev–Trinajstić information content (AvgIpc) is 3.42. The van der Waals surface area contributed by atoms with Crippen LogP contribution in [0.3, 0.4) is 0 Å². The lowest BCUT2D eigenvalue weighted by Crippen LogP contribution is -2.32. The zero-order chi connectivity index (χ0) is 26.4. The Morgan fingerprint density at radius 2 is 1.70 bits per heavy atom. The number of esters is 2. The second kappa shape index (κ2) is 10.9. The number of hydrogen-bond acceptors (Lipinski definition) is 9. The van der Waals surface area contributed by atoms with Gasteiger partial charge in [-0.15, -0.1) is 0 Å². The van der Waals surface area contributed by atoms with Crippen molar-refractivity contribution < 1.29 is 33.4 Å². The predicted octanol–water partition coefficient (Wildman–Crippen LogP) is 3.70. The molecule has 0 atom stereocenters. The van der Waals surface area contributed by atoms with E-state index in [1.165, 1.54) is 12.3 Å². The van der Waals surface area contributed by atoms with E-state index in [0.717, 1.165) is 23.3 Å². The minimum atomic E-state index is -1.24. The molecule has 4 N–H and O–H groups in total. The van der Waals surface area contributed by atoms with Crippen molar-refractivity contribution in [1.82, 2.24) is 5.43 Å². The number of carbonyl (C=O) groups is 3. The number of aromatic hydroxyl groups is 1. The molecule has 0 bridgehead atoms. The van der Waals surface area contributed by atoms with Gasteiger partial charge in [-0.05, 0) is 41.5 Å². The quantitative estimate of drug-likeness (QED) is 0.113. The molecule has 184 valence electrons. The third-order valence-corrected chi connectivity index (χ3v) is 5.30. The summed E-state index contributed by atoms with van der Waals surface area (Å²) in [5.74, 6) is 1.58. The smallest absolute Gasteiger partial charge is 0.382 e. The van der Waals surface area contributed by atoms with Crippen molar-refractivity contribution in [2.75, 3.05) is 0 Å². The molecule has 10 nitrogen and oxygen atoms in total. The van der Waals surface area contributed by atoms with Gasteiger partial charge in [0.05, 0.1) is 17.4 Å². The Hall–Kier alpha value is -5.40. The molecule has 1 heterocycles. The van der Waals surface area contributed by atoms with Crippen LogP contribution in [0.15, 0.2) is 83.5 Å². The van der Waals surface area contributed by atoms with Crippen LogP contribution in [-0.2, 0) is 11.3 Å². The number of furan rings is 1. The Labute approximate surface area is 210 Å². The van der Waals surface area contributed by atoms with Crippen molar-refractivity contribution in [3.8, 4) is 28.7 Å². The molecular formula is C27H19N3O7. The number of hydrazine groups is 1. The summed E-state index contributed by atoms with van der Waals surface area (Å²) in [6.45, 7) is 0.418. The minimum Gasteiger partial charge on any atom is -0.507 e. The fraction of sp³-hybridized carbons (Fsp3) is 0.0370. The molecule has 4 rings (SSSR count). The number of rotatable bonds is 7. The first-order valence-corrected chi connectivity index (χ1v) is 10.8. The van der Waals surface area contributed by atoms with Gasteiger partial charge in [0.1, 0.15) is 29.7 Å². The summed E-state index contributed by atoms with van der Waals surface area (Å²) in [6.07, 6.45) is 1.32. The lowest BCUT2D eigenvalue weighted by atomic mass is 10.00. The number of benzene rings is 3. The molecule has 0 spiro atoms. The predicted molar refractivity (Wildman–Crippen MR) is 129 cm³/mol. The Morgan fingerprint density at radius 3 is 2.38 bits per heavy atom. The van der Waals surface area contributed by atoms with Crippen molar-refractivity contribution in [1.29, 1.82) is 5.26 Å². The highest BCUT2D eigenvalue weighted by Gasteiger charge is 2.27. The van der Waals surface area contributed by atoms with E-state index < -0.39 is 40.3 Å². The molecular weight excluding hydrogens is 478 g/mol. The highest BCUT2D eigenvalue weighted by molar-refractivity contribution is 6.10. The fourth-order valence-electron chi connectivity index (χ4n) is 3.45. The van der Waals surface area contributed by atoms with Gasteiger partial charge in [0.25, 0.3) is 5.91 Å². The van der Waals surface area contributed by atoms with Gasteiger partial charge in [-0.3, -0.25) is 10.2 Å². The van der Waals surface area contributed by atoms with E-state index in [9.17, 15) is 24.8 Å². The van der Waals surface area contributed by atoms with Crippen LogP contribution in [0.1, 0.15) is 42.4 Å². The van der Waals surface area contributed by atoms with Gasteiger partial charge in [-0.2, -0.15) is 5.26 Å². The highest BCUT2D eigenvalue weighted by Crippen LogP contribution is 2.27. The topological polar surface area (TPSA) is 165 Å². The number of phenols is 1. The molecule has 0 aliphatic heterocycles. The molecule has 0 fully saturated rings. The number of ether oxygens (including phenoxy) is 2. The van der Waals surface area contributed by atoms with Gasteiger partial charge < -0.3 is 19.0 Å². The van der Waals surface area contributed by atoms with Crippen LogP contribution in [0.5, 0.6) is 11.5 Å². The van der Waals surface area contributed by atoms with Gasteiger partial charge in [0.2, 0.25) is 5.76 Å². The molecule has 10 heteroatoms. The number of nitrogens with two attached hydrogens (primary N) is 1. The Kier molecular flexibility index (Phi) is 7.28. The third-order valence-electron chi connectivity index (χ3n) is 5.30. The molecule has 0 unspecified atom stereocenters. The Bertz CT molecular complexity index is 1500. The van der Waals surface area contributed by atoms with Crippen molar-refractivity contribution in [3.63, 3.8) is 0 Å². The minimum absolute atomic E-state index is 0.267.